The van der Waals surface area contributed by atoms with Crippen LogP contribution < -0.4 is 0 Å². The van der Waals surface area contributed by atoms with Crippen LogP contribution in [0.25, 0.3) is 143 Å². The molecule has 324 valence electrons. The molecule has 10 aromatic carbocycles. The highest BCUT2D eigenvalue weighted by molar-refractivity contribution is 7.91. The van der Waals surface area contributed by atoms with Crippen molar-refractivity contribution in [2.45, 2.75) is 9.79 Å². The zero-order valence-corrected chi connectivity index (χ0v) is 37.0. The second-order valence-corrected chi connectivity index (χ2v) is 19.9. The number of benzene rings is 10. The fourth-order valence-corrected chi connectivity index (χ4v) is 12.7. The number of hydrogen-bond donors (Lipinski definition) is 0. The summed E-state index contributed by atoms with van der Waals surface area (Å²) < 4.78 is 60.4. The maximum Gasteiger partial charge on any atom is 0.206 e. The summed E-state index contributed by atoms with van der Waals surface area (Å²) in [6, 6.07) is 64.1. The van der Waals surface area contributed by atoms with Crippen molar-refractivity contribution < 1.29 is 26.1 Å². The highest BCUT2D eigenvalue weighted by Gasteiger charge is 2.25. The lowest BCUT2D eigenvalue weighted by Gasteiger charge is -2.08. The fraction of sp³-hybridized carbons (Fsp3) is 0. The van der Waals surface area contributed by atoms with Gasteiger partial charge in [-0.2, -0.15) is 0 Å². The number of furan rings is 4. The first kappa shape index (κ1) is 37.1. The summed E-state index contributed by atoms with van der Waals surface area (Å²) in [7, 11) is -4.07. The Labute approximate surface area is 389 Å². The van der Waals surface area contributed by atoms with Crippen molar-refractivity contribution in [3.05, 3.63) is 194 Å². The third kappa shape index (κ3) is 4.93. The largest absolute Gasteiger partial charge is 0.456 e. The molecule has 0 aliphatic rings. The maximum absolute atomic E-state index is 15.0. The van der Waals surface area contributed by atoms with Gasteiger partial charge >= 0.3 is 0 Å². The molecular weight excluding hydrogens is 877 g/mol. The van der Waals surface area contributed by atoms with E-state index in [1.165, 1.54) is 21.5 Å². The average molecular weight is 909 g/mol. The van der Waals surface area contributed by atoms with Gasteiger partial charge in [-0.15, -0.1) is 0 Å². The molecule has 16 aromatic rings. The second kappa shape index (κ2) is 13.1. The number of rotatable bonds is 4. The highest BCUT2D eigenvalue weighted by atomic mass is 32.2. The molecule has 0 N–H and O–H groups in total. The first-order valence-corrected chi connectivity index (χ1v) is 24.3. The van der Waals surface area contributed by atoms with E-state index in [0.29, 0.717) is 44.3 Å². The van der Waals surface area contributed by atoms with Crippen LogP contribution in [0.2, 0.25) is 0 Å². The van der Waals surface area contributed by atoms with Crippen molar-refractivity contribution in [1.82, 2.24) is 9.13 Å². The molecule has 0 aliphatic carbocycles. The molecule has 6 heterocycles. The minimum atomic E-state index is -4.07. The average Bonchev–Trinajstić information content (AvgIpc) is 4.24. The van der Waals surface area contributed by atoms with Crippen molar-refractivity contribution in [1.29, 1.82) is 0 Å². The predicted molar refractivity (Wildman–Crippen MR) is 276 cm³/mol. The van der Waals surface area contributed by atoms with Crippen molar-refractivity contribution >= 4 is 141 Å². The van der Waals surface area contributed by atoms with Gasteiger partial charge in [0, 0.05) is 76.0 Å². The standard InChI is InChI=1S/C60H32N2O6S/c63-69(64,35-19-23-51-43(31-35)59-55(67-51)27-25-53-57(59)41-29-33(17-21-49(41)65-53)61-45-13-5-1-9-37(45)38-10-2-6-14-46(38)61)36-20-24-52-44(32-36)60-56(68-52)28-26-54-58(60)42-30-34(18-22-50(42)66-54)62-47-15-7-3-11-39(47)40-12-4-8-16-48(40)62/h1-32H. The normalized spacial score (nSPS) is 12.8. The number of para-hydroxylation sites is 4. The Bertz CT molecular complexity index is 4640. The molecule has 9 heteroatoms. The Morgan fingerprint density at radius 1 is 0.275 bits per heavy atom. The van der Waals surface area contributed by atoms with E-state index in [1.54, 1.807) is 36.4 Å². The third-order valence-corrected chi connectivity index (χ3v) is 16.1. The van der Waals surface area contributed by atoms with Gasteiger partial charge in [-0.1, -0.05) is 72.8 Å². The Balaban J connectivity index is 0.867. The molecule has 0 saturated carbocycles. The Kier molecular flexibility index (Phi) is 7.04. The van der Waals surface area contributed by atoms with Gasteiger partial charge < -0.3 is 26.8 Å². The highest BCUT2D eigenvalue weighted by Crippen LogP contribution is 2.45. The summed E-state index contributed by atoms with van der Waals surface area (Å²) in [4.78, 5) is 0.297. The van der Waals surface area contributed by atoms with Crippen LogP contribution >= 0.6 is 0 Å². The van der Waals surface area contributed by atoms with E-state index in [-0.39, 0.29) is 9.79 Å². The van der Waals surface area contributed by atoms with Gasteiger partial charge in [0.25, 0.3) is 0 Å². The lowest BCUT2D eigenvalue weighted by atomic mass is 10.0. The summed E-state index contributed by atoms with van der Waals surface area (Å²) >= 11 is 0. The molecule has 0 saturated heterocycles. The van der Waals surface area contributed by atoms with Crippen LogP contribution in [0.4, 0.5) is 0 Å². The van der Waals surface area contributed by atoms with E-state index in [2.05, 4.69) is 130 Å². The summed E-state index contributed by atoms with van der Waals surface area (Å²) in [5.41, 5.74) is 11.7. The lowest BCUT2D eigenvalue weighted by Crippen LogP contribution is -2.01. The number of nitrogens with zero attached hydrogens (tertiary/aromatic N) is 2. The fourth-order valence-electron chi connectivity index (χ4n) is 11.4. The van der Waals surface area contributed by atoms with E-state index in [0.717, 1.165) is 76.9 Å². The number of sulfone groups is 1. The molecule has 0 unspecified atom stereocenters. The van der Waals surface area contributed by atoms with Crippen LogP contribution in [0.15, 0.2) is 222 Å². The Hall–Kier alpha value is -9.05. The number of aromatic nitrogens is 2. The molecule has 16 rings (SSSR count). The molecular formula is C60H32N2O6S. The third-order valence-electron chi connectivity index (χ3n) is 14.3. The lowest BCUT2D eigenvalue weighted by molar-refractivity contribution is 0.596. The van der Waals surface area contributed by atoms with Gasteiger partial charge in [-0.3, -0.25) is 0 Å². The van der Waals surface area contributed by atoms with Crippen LogP contribution in [0.1, 0.15) is 0 Å². The molecule has 6 aromatic heterocycles. The van der Waals surface area contributed by atoms with Gasteiger partial charge in [-0.05, 0) is 121 Å². The predicted octanol–water partition coefficient (Wildman–Crippen LogP) is 16.3. The van der Waals surface area contributed by atoms with E-state index >= 15 is 0 Å². The van der Waals surface area contributed by atoms with Crippen molar-refractivity contribution in [3.63, 3.8) is 0 Å². The zero-order chi connectivity index (χ0) is 45.3. The van der Waals surface area contributed by atoms with Gasteiger partial charge in [0.05, 0.1) is 31.9 Å². The topological polar surface area (TPSA) is 96.6 Å². The van der Waals surface area contributed by atoms with Gasteiger partial charge in [0.15, 0.2) is 0 Å². The second-order valence-electron chi connectivity index (χ2n) is 18.0. The number of fused-ring (bicyclic) bond motifs is 20. The van der Waals surface area contributed by atoms with Crippen LogP contribution in [0.3, 0.4) is 0 Å². The van der Waals surface area contributed by atoms with E-state index < -0.39 is 9.84 Å². The van der Waals surface area contributed by atoms with Crippen LogP contribution in [-0.4, -0.2) is 17.6 Å². The molecule has 0 aliphatic heterocycles. The first-order chi connectivity index (χ1) is 33.9. The van der Waals surface area contributed by atoms with E-state index in [9.17, 15) is 8.42 Å². The molecule has 0 spiro atoms. The van der Waals surface area contributed by atoms with Crippen LogP contribution in [0, 0.1) is 0 Å². The molecule has 0 radical (unpaired) electrons. The van der Waals surface area contributed by atoms with Crippen molar-refractivity contribution in [3.8, 4) is 11.4 Å². The molecule has 69 heavy (non-hydrogen) atoms. The summed E-state index contributed by atoms with van der Waals surface area (Å²) in [6.45, 7) is 0. The van der Waals surface area contributed by atoms with Crippen molar-refractivity contribution in [2.75, 3.05) is 0 Å². The summed E-state index contributed by atoms with van der Waals surface area (Å²) in [6.07, 6.45) is 0. The van der Waals surface area contributed by atoms with E-state index in [1.807, 2.05) is 36.4 Å². The maximum atomic E-state index is 15.0. The molecule has 0 amide bonds. The van der Waals surface area contributed by atoms with Gasteiger partial charge in [0.1, 0.15) is 44.7 Å². The summed E-state index contributed by atoms with van der Waals surface area (Å²) in [5.74, 6) is 0. The smallest absolute Gasteiger partial charge is 0.206 e. The Morgan fingerprint density at radius 2 is 0.551 bits per heavy atom. The van der Waals surface area contributed by atoms with Gasteiger partial charge in [0.2, 0.25) is 9.84 Å². The number of hydrogen-bond acceptors (Lipinski definition) is 6. The molecule has 0 atom stereocenters. The molecule has 0 fully saturated rings. The van der Waals surface area contributed by atoms with Gasteiger partial charge in [-0.25, -0.2) is 8.42 Å². The summed E-state index contributed by atoms with van der Waals surface area (Å²) in [5, 5.41) is 11.2. The zero-order valence-electron chi connectivity index (χ0n) is 36.2. The quantitative estimate of drug-likeness (QED) is 0.174. The first-order valence-electron chi connectivity index (χ1n) is 22.8. The minimum Gasteiger partial charge on any atom is -0.456 e. The molecule has 8 nitrogen and oxygen atoms in total. The van der Waals surface area contributed by atoms with Crippen LogP contribution in [0.5, 0.6) is 0 Å². The van der Waals surface area contributed by atoms with E-state index in [4.69, 9.17) is 17.7 Å². The van der Waals surface area contributed by atoms with Crippen LogP contribution in [-0.2, 0) is 9.84 Å². The monoisotopic (exact) mass is 908 g/mol. The van der Waals surface area contributed by atoms with Crippen molar-refractivity contribution in [2.24, 2.45) is 0 Å². The minimum absolute atomic E-state index is 0.148. The molecule has 0 bridgehead atoms. The SMILES string of the molecule is O=S(=O)(c1ccc2oc3ccc4oc5ccc(-n6c7ccccc7c7ccccc76)cc5c4c3c2c1)c1ccc2oc3ccc4oc5ccc(-n6c7ccccc7c7ccccc76)cc5c4c3c2c1. The Morgan fingerprint density at radius 3 is 0.884 bits per heavy atom.